The van der Waals surface area contributed by atoms with Gasteiger partial charge in [-0.3, -0.25) is 0 Å². The molecule has 0 amide bonds. The minimum Gasteiger partial charge on any atom is -0.0620 e. The second kappa shape index (κ2) is 9.43. The zero-order valence-electron chi connectivity index (χ0n) is 11.3. The Morgan fingerprint density at radius 2 is 0.667 bits per heavy atom. The molecule has 3 aromatic carbocycles. The van der Waals surface area contributed by atoms with Crippen molar-refractivity contribution in [3.63, 3.8) is 0 Å². The molecular formula is C18H16IrPPd+. The predicted octanol–water partition coefficient (Wildman–Crippen LogP) is 3.17. The Balaban J connectivity index is 0.00000110. The van der Waals surface area contributed by atoms with Gasteiger partial charge in [-0.1, -0.05) is 54.6 Å². The molecule has 0 unspecified atom stereocenters. The van der Waals surface area contributed by atoms with Crippen molar-refractivity contribution in [3.05, 3.63) is 91.0 Å². The van der Waals surface area contributed by atoms with Gasteiger partial charge in [0.05, 0.1) is 7.92 Å². The van der Waals surface area contributed by atoms with Gasteiger partial charge in [0, 0.05) is 40.5 Å². The van der Waals surface area contributed by atoms with Crippen molar-refractivity contribution in [1.29, 1.82) is 0 Å². The molecule has 1 radical (unpaired) electrons. The number of rotatable bonds is 3. The van der Waals surface area contributed by atoms with E-state index >= 15 is 0 Å². The summed E-state index contributed by atoms with van der Waals surface area (Å²) in [6.07, 6.45) is 0. The Morgan fingerprint density at radius 1 is 0.429 bits per heavy atom. The van der Waals surface area contributed by atoms with E-state index in [1.807, 2.05) is 0 Å². The third-order valence-electron chi connectivity index (χ3n) is 3.19. The van der Waals surface area contributed by atoms with Crippen LogP contribution in [0, 0.1) is 0 Å². The summed E-state index contributed by atoms with van der Waals surface area (Å²) < 4.78 is 0. The average molecular weight is 562 g/mol. The summed E-state index contributed by atoms with van der Waals surface area (Å²) in [5.74, 6) is 0. The normalized spacial score (nSPS) is 9.57. The third-order valence-corrected chi connectivity index (χ3v) is 5.92. The summed E-state index contributed by atoms with van der Waals surface area (Å²) in [7, 11) is -0.877. The minimum absolute atomic E-state index is 0. The van der Waals surface area contributed by atoms with Crippen LogP contribution in [-0.4, -0.2) is 0 Å². The maximum absolute atomic E-state index is 2.24. The summed E-state index contributed by atoms with van der Waals surface area (Å²) in [6.45, 7) is 0. The first-order chi connectivity index (χ1) is 9.45. The zero-order chi connectivity index (χ0) is 12.9. The summed E-state index contributed by atoms with van der Waals surface area (Å²) >= 11 is 0. The molecule has 0 saturated heterocycles. The van der Waals surface area contributed by atoms with Crippen molar-refractivity contribution < 1.29 is 40.5 Å². The van der Waals surface area contributed by atoms with Gasteiger partial charge in [-0.25, -0.2) is 0 Å². The average Bonchev–Trinajstić information content (AvgIpc) is 2.51. The maximum atomic E-state index is 2.24. The van der Waals surface area contributed by atoms with Gasteiger partial charge in [-0.2, -0.15) is 0 Å². The standard InChI is InChI=1S/C18H15P.Ir.Pd/c1-4-10-16(11-5-1)19(17-12-6-2-7-13-17)18-14-8-3-9-15-18;;/h1-15H;;/p+1. The molecule has 0 atom stereocenters. The molecule has 0 fully saturated rings. The van der Waals surface area contributed by atoms with Gasteiger partial charge in [0.1, 0.15) is 15.9 Å². The summed E-state index contributed by atoms with van der Waals surface area (Å²) in [5.41, 5.74) is 0. The Hall–Kier alpha value is -0.598. The van der Waals surface area contributed by atoms with E-state index in [9.17, 15) is 0 Å². The summed E-state index contributed by atoms with van der Waals surface area (Å²) in [5, 5.41) is 4.31. The summed E-state index contributed by atoms with van der Waals surface area (Å²) in [4.78, 5) is 0. The molecular weight excluding hydrogens is 546 g/mol. The first kappa shape index (κ1) is 18.5. The van der Waals surface area contributed by atoms with E-state index in [1.54, 1.807) is 0 Å². The van der Waals surface area contributed by atoms with Gasteiger partial charge in [0.2, 0.25) is 0 Å². The van der Waals surface area contributed by atoms with Crippen molar-refractivity contribution in [2.75, 3.05) is 0 Å². The van der Waals surface area contributed by atoms with Gasteiger partial charge < -0.3 is 0 Å². The topological polar surface area (TPSA) is 0 Å². The van der Waals surface area contributed by atoms with Crippen LogP contribution >= 0.6 is 7.92 Å². The van der Waals surface area contributed by atoms with Crippen LogP contribution in [0.2, 0.25) is 0 Å². The Morgan fingerprint density at radius 3 is 0.905 bits per heavy atom. The molecule has 0 heterocycles. The molecule has 0 N–H and O–H groups in total. The van der Waals surface area contributed by atoms with Crippen molar-refractivity contribution in [2.24, 2.45) is 0 Å². The van der Waals surface area contributed by atoms with Crippen LogP contribution in [-0.2, 0) is 40.5 Å². The van der Waals surface area contributed by atoms with E-state index in [2.05, 4.69) is 91.0 Å². The van der Waals surface area contributed by atoms with E-state index in [1.165, 1.54) is 15.9 Å². The van der Waals surface area contributed by atoms with Crippen LogP contribution < -0.4 is 15.9 Å². The molecule has 0 spiro atoms. The maximum Gasteiger partial charge on any atom is 0.102 e. The Labute approximate surface area is 154 Å². The van der Waals surface area contributed by atoms with Crippen LogP contribution in [0.3, 0.4) is 0 Å². The molecule has 0 aliphatic carbocycles. The molecule has 0 aliphatic heterocycles. The SMILES string of the molecule is [Ir].[Pd].c1ccc([PH+](c2ccccc2)c2ccccc2)cc1. The minimum atomic E-state index is -0.877. The molecule has 0 aliphatic rings. The Bertz CT molecular complexity index is 535. The van der Waals surface area contributed by atoms with Crippen LogP contribution in [0.15, 0.2) is 91.0 Å². The third kappa shape index (κ3) is 4.69. The second-order valence-corrected chi connectivity index (χ2v) is 6.96. The van der Waals surface area contributed by atoms with E-state index in [0.29, 0.717) is 0 Å². The molecule has 0 aromatic heterocycles. The summed E-state index contributed by atoms with van der Waals surface area (Å²) in [6, 6.07) is 32.5. The van der Waals surface area contributed by atoms with Crippen LogP contribution in [0.1, 0.15) is 0 Å². The molecule has 0 bridgehead atoms. The van der Waals surface area contributed by atoms with E-state index in [4.69, 9.17) is 0 Å². The molecule has 0 saturated carbocycles. The predicted molar refractivity (Wildman–Crippen MR) is 86.5 cm³/mol. The van der Waals surface area contributed by atoms with E-state index < -0.39 is 7.92 Å². The molecule has 3 heteroatoms. The molecule has 0 nitrogen and oxygen atoms in total. The van der Waals surface area contributed by atoms with Gasteiger partial charge >= 0.3 is 0 Å². The first-order valence-electron chi connectivity index (χ1n) is 6.48. The number of benzene rings is 3. The fourth-order valence-corrected chi connectivity index (χ4v) is 4.89. The van der Waals surface area contributed by atoms with Crippen molar-refractivity contribution >= 4 is 23.8 Å². The van der Waals surface area contributed by atoms with E-state index in [-0.39, 0.29) is 40.5 Å². The van der Waals surface area contributed by atoms with Crippen molar-refractivity contribution in [3.8, 4) is 0 Å². The molecule has 3 aromatic rings. The number of hydrogen-bond acceptors (Lipinski definition) is 0. The smallest absolute Gasteiger partial charge is 0.0620 e. The fraction of sp³-hybridized carbons (Fsp3) is 0. The zero-order valence-corrected chi connectivity index (χ0v) is 16.3. The number of hydrogen-bond donors (Lipinski definition) is 0. The van der Waals surface area contributed by atoms with Gasteiger partial charge in [-0.15, -0.1) is 0 Å². The van der Waals surface area contributed by atoms with Gasteiger partial charge in [0.25, 0.3) is 0 Å². The van der Waals surface area contributed by atoms with Gasteiger partial charge in [-0.05, 0) is 36.4 Å². The largest absolute Gasteiger partial charge is 0.102 e. The molecule has 111 valence electrons. The second-order valence-electron chi connectivity index (χ2n) is 4.47. The van der Waals surface area contributed by atoms with Crippen LogP contribution in [0.4, 0.5) is 0 Å². The van der Waals surface area contributed by atoms with Crippen molar-refractivity contribution in [1.82, 2.24) is 0 Å². The molecule has 21 heavy (non-hydrogen) atoms. The monoisotopic (exact) mass is 562 g/mol. The van der Waals surface area contributed by atoms with Gasteiger partial charge in [0.15, 0.2) is 0 Å². The Kier molecular flexibility index (Phi) is 8.28. The van der Waals surface area contributed by atoms with Crippen molar-refractivity contribution in [2.45, 2.75) is 0 Å². The van der Waals surface area contributed by atoms with Crippen LogP contribution in [0.5, 0.6) is 0 Å². The molecule has 3 rings (SSSR count). The fourth-order valence-electron chi connectivity index (χ4n) is 2.31. The quantitative estimate of drug-likeness (QED) is 0.341. The first-order valence-corrected chi connectivity index (χ1v) is 7.98. The van der Waals surface area contributed by atoms with Crippen LogP contribution in [0.25, 0.3) is 0 Å². The van der Waals surface area contributed by atoms with E-state index in [0.717, 1.165) is 0 Å².